The van der Waals surface area contributed by atoms with Crippen LogP contribution in [0.3, 0.4) is 0 Å². The van der Waals surface area contributed by atoms with Crippen molar-refractivity contribution in [2.45, 2.75) is 38.6 Å². The topological polar surface area (TPSA) is 50.9 Å². The zero-order valence-corrected chi connectivity index (χ0v) is 12.6. The van der Waals surface area contributed by atoms with Crippen LogP contribution in [0.2, 0.25) is 10.0 Å². The maximum atomic E-state index is 10.1. The van der Waals surface area contributed by atoms with Crippen molar-refractivity contribution in [3.63, 3.8) is 0 Å². The van der Waals surface area contributed by atoms with Gasteiger partial charge in [-0.15, -0.1) is 10.2 Å². The van der Waals surface area contributed by atoms with Crippen LogP contribution in [0.1, 0.15) is 36.5 Å². The van der Waals surface area contributed by atoms with Crippen molar-refractivity contribution in [1.29, 1.82) is 0 Å². The molecule has 1 atom stereocenters. The lowest BCUT2D eigenvalue weighted by Gasteiger charge is -2.26. The molecule has 0 saturated carbocycles. The second-order valence-electron chi connectivity index (χ2n) is 5.03. The highest BCUT2D eigenvalue weighted by Crippen LogP contribution is 2.41. The fourth-order valence-corrected chi connectivity index (χ4v) is 3.30. The molecule has 0 bridgehead atoms. The smallest absolute Gasteiger partial charge is 0.133 e. The molecule has 1 aromatic heterocycles. The first-order valence-corrected chi connectivity index (χ1v) is 7.45. The molecule has 0 aliphatic carbocycles. The van der Waals surface area contributed by atoms with Crippen LogP contribution in [0.15, 0.2) is 12.1 Å². The van der Waals surface area contributed by atoms with E-state index in [2.05, 4.69) is 21.7 Å². The van der Waals surface area contributed by atoms with Crippen molar-refractivity contribution in [3.8, 4) is 5.75 Å². The summed E-state index contributed by atoms with van der Waals surface area (Å²) in [5.74, 6) is 2.33. The summed E-state index contributed by atoms with van der Waals surface area (Å²) in [6, 6.07) is 3.22. The average Bonchev–Trinajstić information content (AvgIpc) is 2.86. The molecule has 0 spiro atoms. The Balaban J connectivity index is 2.00. The highest BCUT2D eigenvalue weighted by atomic mass is 35.5. The molecule has 2 heterocycles. The van der Waals surface area contributed by atoms with E-state index < -0.39 is 0 Å². The number of aryl methyl sites for hydroxylation is 2. The second kappa shape index (κ2) is 5.26. The van der Waals surface area contributed by atoms with Crippen molar-refractivity contribution >= 4 is 23.2 Å². The summed E-state index contributed by atoms with van der Waals surface area (Å²) in [4.78, 5) is 0. The number of nitrogens with zero attached hydrogens (tertiary/aromatic N) is 3. The Labute approximate surface area is 127 Å². The van der Waals surface area contributed by atoms with Crippen LogP contribution in [-0.2, 0) is 19.4 Å². The third-order valence-corrected chi connectivity index (χ3v) is 4.68. The molecule has 1 aliphatic heterocycles. The van der Waals surface area contributed by atoms with Crippen LogP contribution in [0.25, 0.3) is 0 Å². The van der Waals surface area contributed by atoms with Crippen molar-refractivity contribution < 1.29 is 5.11 Å². The van der Waals surface area contributed by atoms with Gasteiger partial charge < -0.3 is 9.67 Å². The van der Waals surface area contributed by atoms with Crippen LogP contribution in [0, 0.1) is 0 Å². The Morgan fingerprint density at radius 2 is 2.15 bits per heavy atom. The Morgan fingerprint density at radius 3 is 2.90 bits per heavy atom. The molecule has 3 rings (SSSR count). The lowest BCUT2D eigenvalue weighted by molar-refractivity contribution is 0.416. The normalized spacial score (nSPS) is 18.1. The van der Waals surface area contributed by atoms with Gasteiger partial charge >= 0.3 is 0 Å². The lowest BCUT2D eigenvalue weighted by Crippen LogP contribution is -2.21. The van der Waals surface area contributed by atoms with Gasteiger partial charge in [0, 0.05) is 30.9 Å². The highest BCUT2D eigenvalue weighted by molar-refractivity contribution is 6.42. The molecule has 1 N–H and O–H groups in total. The van der Waals surface area contributed by atoms with Gasteiger partial charge in [-0.3, -0.25) is 0 Å². The van der Waals surface area contributed by atoms with Crippen LogP contribution in [0.4, 0.5) is 0 Å². The number of hydrogen-bond donors (Lipinski definition) is 1. The van der Waals surface area contributed by atoms with E-state index >= 15 is 0 Å². The quantitative estimate of drug-likeness (QED) is 0.922. The fraction of sp³-hybridized carbons (Fsp3) is 0.429. The van der Waals surface area contributed by atoms with Gasteiger partial charge in [0.05, 0.1) is 10.0 Å². The minimum absolute atomic E-state index is 0.134. The number of phenols is 1. The van der Waals surface area contributed by atoms with Gasteiger partial charge in [0.2, 0.25) is 0 Å². The molecule has 6 heteroatoms. The van der Waals surface area contributed by atoms with E-state index in [1.54, 1.807) is 12.1 Å². The molecule has 0 radical (unpaired) electrons. The van der Waals surface area contributed by atoms with Crippen LogP contribution in [0.5, 0.6) is 5.75 Å². The number of aromatic nitrogens is 3. The maximum absolute atomic E-state index is 10.1. The number of halogens is 2. The van der Waals surface area contributed by atoms with Gasteiger partial charge in [0.1, 0.15) is 17.4 Å². The molecule has 0 amide bonds. The average molecular weight is 312 g/mol. The summed E-state index contributed by atoms with van der Waals surface area (Å²) in [7, 11) is 0. The van der Waals surface area contributed by atoms with E-state index in [0.717, 1.165) is 43.0 Å². The molecule has 0 saturated heterocycles. The molecule has 4 nitrogen and oxygen atoms in total. The molecule has 106 valence electrons. The molecular weight excluding hydrogens is 297 g/mol. The first-order valence-electron chi connectivity index (χ1n) is 6.69. The maximum Gasteiger partial charge on any atom is 0.133 e. The molecule has 1 aliphatic rings. The largest absolute Gasteiger partial charge is 0.508 e. The van der Waals surface area contributed by atoms with Gasteiger partial charge in [-0.2, -0.15) is 0 Å². The van der Waals surface area contributed by atoms with E-state index in [1.807, 2.05) is 0 Å². The predicted octanol–water partition coefficient (Wildman–Crippen LogP) is 3.58. The summed E-state index contributed by atoms with van der Waals surface area (Å²) >= 11 is 12.3. The zero-order valence-electron chi connectivity index (χ0n) is 11.1. The van der Waals surface area contributed by atoms with E-state index in [0.29, 0.717) is 10.0 Å². The Hall–Kier alpha value is -1.26. The van der Waals surface area contributed by atoms with Crippen molar-refractivity contribution in [3.05, 3.63) is 39.4 Å². The zero-order chi connectivity index (χ0) is 14.3. The number of fused-ring (bicyclic) bond motifs is 1. The van der Waals surface area contributed by atoms with Gasteiger partial charge in [0.15, 0.2) is 0 Å². The lowest BCUT2D eigenvalue weighted by atomic mass is 9.90. The minimum Gasteiger partial charge on any atom is -0.508 e. The second-order valence-corrected chi connectivity index (χ2v) is 5.81. The molecule has 1 aromatic carbocycles. The molecule has 2 aromatic rings. The number of benzene rings is 1. The summed E-state index contributed by atoms with van der Waals surface area (Å²) in [5.41, 5.74) is 0.737. The Morgan fingerprint density at radius 1 is 1.35 bits per heavy atom. The summed E-state index contributed by atoms with van der Waals surface area (Å²) in [6.07, 6.45) is 2.56. The Bertz CT molecular complexity index is 641. The number of phenolic OH excluding ortho intramolecular Hbond substituents is 1. The van der Waals surface area contributed by atoms with Crippen molar-refractivity contribution in [2.24, 2.45) is 0 Å². The number of aromatic hydroxyl groups is 1. The molecule has 0 fully saturated rings. The summed E-state index contributed by atoms with van der Waals surface area (Å²) in [5, 5.41) is 19.4. The third-order valence-electron chi connectivity index (χ3n) is 3.86. The van der Waals surface area contributed by atoms with E-state index in [4.69, 9.17) is 23.2 Å². The van der Waals surface area contributed by atoms with E-state index in [-0.39, 0.29) is 11.7 Å². The van der Waals surface area contributed by atoms with Crippen molar-refractivity contribution in [2.75, 3.05) is 0 Å². The first-order chi connectivity index (χ1) is 9.61. The van der Waals surface area contributed by atoms with Crippen LogP contribution < -0.4 is 0 Å². The van der Waals surface area contributed by atoms with Gasteiger partial charge in [-0.1, -0.05) is 30.1 Å². The SMILES string of the molecule is CCc1nnc2n1CC(c1c(O)ccc(Cl)c1Cl)CC2. The summed E-state index contributed by atoms with van der Waals surface area (Å²) in [6.45, 7) is 2.80. The minimum atomic E-state index is 0.134. The van der Waals surface area contributed by atoms with Crippen molar-refractivity contribution in [1.82, 2.24) is 14.8 Å². The monoisotopic (exact) mass is 311 g/mol. The third kappa shape index (κ3) is 2.17. The fourth-order valence-electron chi connectivity index (χ4n) is 2.82. The van der Waals surface area contributed by atoms with Crippen LogP contribution >= 0.6 is 23.2 Å². The van der Waals surface area contributed by atoms with Gasteiger partial charge in [-0.25, -0.2) is 0 Å². The highest BCUT2D eigenvalue weighted by Gasteiger charge is 2.27. The standard InChI is InChI=1S/C14H15Cl2N3O/c1-2-11-17-18-12-6-3-8(7-19(11)12)13-10(20)5-4-9(15)14(13)16/h4-5,8,20H,2-3,6-7H2,1H3. The summed E-state index contributed by atoms with van der Waals surface area (Å²) < 4.78 is 2.13. The molecule has 1 unspecified atom stereocenters. The van der Waals surface area contributed by atoms with E-state index in [9.17, 15) is 5.11 Å². The first kappa shape index (κ1) is 13.7. The van der Waals surface area contributed by atoms with Crippen LogP contribution in [-0.4, -0.2) is 19.9 Å². The molecular formula is C14H15Cl2N3O. The van der Waals surface area contributed by atoms with E-state index in [1.165, 1.54) is 0 Å². The van der Waals surface area contributed by atoms with Gasteiger partial charge in [0.25, 0.3) is 0 Å². The number of rotatable bonds is 2. The Kier molecular flexibility index (Phi) is 3.61. The van der Waals surface area contributed by atoms with Gasteiger partial charge in [-0.05, 0) is 18.6 Å². The predicted molar refractivity (Wildman–Crippen MR) is 78.6 cm³/mol. The number of hydrogen-bond acceptors (Lipinski definition) is 3. The molecule has 20 heavy (non-hydrogen) atoms.